The van der Waals surface area contributed by atoms with E-state index >= 15 is 0 Å². The fraction of sp³-hybridized carbons (Fsp3) is 0.556. The van der Waals surface area contributed by atoms with Crippen molar-refractivity contribution in [2.75, 3.05) is 0 Å². The third kappa shape index (κ3) is 5.30. The molecule has 24 heavy (non-hydrogen) atoms. The lowest BCUT2D eigenvalue weighted by molar-refractivity contribution is -0.144. The van der Waals surface area contributed by atoms with Crippen molar-refractivity contribution >= 4 is 11.9 Å². The van der Waals surface area contributed by atoms with Gasteiger partial charge in [0.05, 0.1) is 0 Å². The molecule has 132 valence electrons. The van der Waals surface area contributed by atoms with E-state index in [-0.39, 0.29) is 24.6 Å². The molecule has 1 aliphatic carbocycles. The molecule has 5 nitrogen and oxygen atoms in total. The van der Waals surface area contributed by atoms with E-state index < -0.39 is 24.0 Å². The van der Waals surface area contributed by atoms with Gasteiger partial charge >= 0.3 is 5.97 Å². The van der Waals surface area contributed by atoms with Crippen LogP contribution in [0.1, 0.15) is 44.1 Å². The van der Waals surface area contributed by atoms with Gasteiger partial charge in [0.25, 0.3) is 0 Å². The van der Waals surface area contributed by atoms with Crippen molar-refractivity contribution in [1.29, 1.82) is 0 Å². The maximum Gasteiger partial charge on any atom is 0.326 e. The highest BCUT2D eigenvalue weighted by Gasteiger charge is 2.30. The average molecular weight is 336 g/mol. The van der Waals surface area contributed by atoms with Crippen molar-refractivity contribution in [1.82, 2.24) is 5.32 Å². The van der Waals surface area contributed by atoms with Crippen LogP contribution in [0.4, 0.5) is 4.39 Å². The van der Waals surface area contributed by atoms with E-state index in [1.54, 1.807) is 18.2 Å². The molecule has 1 amide bonds. The largest absolute Gasteiger partial charge is 0.480 e. The molecule has 0 bridgehead atoms. The van der Waals surface area contributed by atoms with E-state index in [4.69, 9.17) is 5.73 Å². The molecule has 2 atom stereocenters. The van der Waals surface area contributed by atoms with Gasteiger partial charge in [-0.25, -0.2) is 9.18 Å². The number of nitrogens with one attached hydrogen (secondary N) is 1. The maximum atomic E-state index is 13.6. The minimum Gasteiger partial charge on any atom is -0.480 e. The number of carboxylic acid groups (broad SMARTS) is 1. The predicted molar refractivity (Wildman–Crippen MR) is 88.8 cm³/mol. The van der Waals surface area contributed by atoms with Gasteiger partial charge < -0.3 is 16.2 Å². The number of hydrogen-bond donors (Lipinski definition) is 3. The van der Waals surface area contributed by atoms with E-state index in [1.807, 2.05) is 0 Å². The van der Waals surface area contributed by atoms with Gasteiger partial charge in [0.1, 0.15) is 11.9 Å². The van der Waals surface area contributed by atoms with Crippen LogP contribution >= 0.6 is 0 Å². The summed E-state index contributed by atoms with van der Waals surface area (Å²) < 4.78 is 13.6. The monoisotopic (exact) mass is 336 g/mol. The quantitative estimate of drug-likeness (QED) is 0.712. The van der Waals surface area contributed by atoms with Gasteiger partial charge in [-0.2, -0.15) is 0 Å². The molecule has 0 aromatic heterocycles. The minimum atomic E-state index is -1.00. The second-order valence-corrected chi connectivity index (χ2v) is 6.54. The van der Waals surface area contributed by atoms with Crippen molar-refractivity contribution < 1.29 is 19.1 Å². The molecule has 0 saturated heterocycles. The number of nitrogens with two attached hydrogens (primary N) is 1. The van der Waals surface area contributed by atoms with Gasteiger partial charge in [-0.05, 0) is 36.8 Å². The molecule has 0 spiro atoms. The van der Waals surface area contributed by atoms with Gasteiger partial charge in [-0.1, -0.05) is 37.5 Å². The molecular weight excluding hydrogens is 311 g/mol. The third-order valence-electron chi connectivity index (χ3n) is 4.59. The van der Waals surface area contributed by atoms with Crippen LogP contribution in [0.5, 0.6) is 0 Å². The van der Waals surface area contributed by atoms with Crippen LogP contribution < -0.4 is 11.1 Å². The topological polar surface area (TPSA) is 92.4 Å². The number of benzene rings is 1. The highest BCUT2D eigenvalue weighted by molar-refractivity contribution is 5.84. The molecular formula is C18H25FN2O3. The zero-order chi connectivity index (χ0) is 17.5. The SMILES string of the molecule is N[C@@H](CC(=O)N[C@@H](C(=O)O)C1CCCCC1)Cc1ccccc1F. The number of carboxylic acids is 1. The third-order valence-corrected chi connectivity index (χ3v) is 4.59. The van der Waals surface area contributed by atoms with Crippen LogP contribution in [0.3, 0.4) is 0 Å². The molecule has 0 aliphatic heterocycles. The lowest BCUT2D eigenvalue weighted by atomic mass is 9.84. The predicted octanol–water partition coefficient (Wildman–Crippen LogP) is 2.24. The number of rotatable bonds is 7. The molecule has 1 aliphatic rings. The zero-order valence-corrected chi connectivity index (χ0v) is 13.7. The summed E-state index contributed by atoms with van der Waals surface area (Å²) in [5.74, 6) is -1.77. The van der Waals surface area contributed by atoms with Crippen molar-refractivity contribution in [2.45, 2.75) is 57.0 Å². The Morgan fingerprint density at radius 2 is 1.92 bits per heavy atom. The summed E-state index contributed by atoms with van der Waals surface area (Å²) in [7, 11) is 0. The normalized spacial score (nSPS) is 17.9. The van der Waals surface area contributed by atoms with Crippen molar-refractivity contribution in [2.24, 2.45) is 11.7 Å². The standard InChI is InChI=1S/C18H25FN2O3/c19-15-9-5-4-8-13(15)10-14(20)11-16(22)21-17(18(23)24)12-6-2-1-3-7-12/h4-5,8-9,12,14,17H,1-3,6-7,10-11,20H2,(H,21,22)(H,23,24)/t14-,17-/m1/s1. The Morgan fingerprint density at radius 3 is 2.54 bits per heavy atom. The van der Waals surface area contributed by atoms with Crippen LogP contribution in [-0.4, -0.2) is 29.1 Å². The van der Waals surface area contributed by atoms with Crippen LogP contribution in [0.25, 0.3) is 0 Å². The Hall–Kier alpha value is -1.95. The first-order chi connectivity index (χ1) is 11.5. The molecule has 1 aromatic carbocycles. The van der Waals surface area contributed by atoms with E-state index in [0.29, 0.717) is 5.56 Å². The van der Waals surface area contributed by atoms with Crippen molar-refractivity contribution in [3.8, 4) is 0 Å². The Labute approximate surface area is 141 Å². The number of carbonyl (C=O) groups excluding carboxylic acids is 1. The van der Waals surface area contributed by atoms with Crippen molar-refractivity contribution in [3.05, 3.63) is 35.6 Å². The fourth-order valence-corrected chi connectivity index (χ4v) is 3.34. The Kier molecular flexibility index (Phi) is 6.73. The summed E-state index contributed by atoms with van der Waals surface area (Å²) in [6.45, 7) is 0. The van der Waals surface area contributed by atoms with E-state index in [1.165, 1.54) is 6.07 Å². The summed E-state index contributed by atoms with van der Waals surface area (Å²) in [6.07, 6.45) is 4.96. The van der Waals surface area contributed by atoms with Crippen molar-refractivity contribution in [3.63, 3.8) is 0 Å². The Balaban J connectivity index is 1.88. The fourth-order valence-electron chi connectivity index (χ4n) is 3.34. The molecule has 0 radical (unpaired) electrons. The van der Waals surface area contributed by atoms with Crippen LogP contribution in [0.15, 0.2) is 24.3 Å². The first-order valence-corrected chi connectivity index (χ1v) is 8.48. The summed E-state index contributed by atoms with van der Waals surface area (Å²) in [5.41, 5.74) is 6.39. The highest BCUT2D eigenvalue weighted by atomic mass is 19.1. The summed E-state index contributed by atoms with van der Waals surface area (Å²) in [4.78, 5) is 23.6. The number of hydrogen-bond acceptors (Lipinski definition) is 3. The molecule has 0 heterocycles. The molecule has 1 aromatic rings. The molecule has 0 unspecified atom stereocenters. The number of carbonyl (C=O) groups is 2. The van der Waals surface area contributed by atoms with Crippen LogP contribution in [0.2, 0.25) is 0 Å². The summed E-state index contributed by atoms with van der Waals surface area (Å²) in [6, 6.07) is 4.88. The Morgan fingerprint density at radius 1 is 1.25 bits per heavy atom. The second-order valence-electron chi connectivity index (χ2n) is 6.54. The second kappa shape index (κ2) is 8.78. The van der Waals surface area contributed by atoms with Crippen LogP contribution in [-0.2, 0) is 16.0 Å². The number of aliphatic carboxylic acids is 1. The Bertz CT molecular complexity index is 573. The maximum absolute atomic E-state index is 13.6. The molecule has 6 heteroatoms. The number of halogens is 1. The van der Waals surface area contributed by atoms with E-state index in [2.05, 4.69) is 5.32 Å². The molecule has 1 fully saturated rings. The van der Waals surface area contributed by atoms with Crippen LogP contribution in [0, 0.1) is 11.7 Å². The summed E-state index contributed by atoms with van der Waals surface area (Å²) in [5, 5.41) is 12.0. The lowest BCUT2D eigenvalue weighted by Crippen LogP contribution is -2.48. The first kappa shape index (κ1) is 18.4. The van der Waals surface area contributed by atoms with E-state index in [0.717, 1.165) is 32.1 Å². The first-order valence-electron chi connectivity index (χ1n) is 8.48. The van der Waals surface area contributed by atoms with Gasteiger partial charge in [0.15, 0.2) is 0 Å². The van der Waals surface area contributed by atoms with Gasteiger partial charge in [-0.3, -0.25) is 4.79 Å². The molecule has 2 rings (SSSR count). The van der Waals surface area contributed by atoms with Gasteiger partial charge in [0.2, 0.25) is 5.91 Å². The van der Waals surface area contributed by atoms with Gasteiger partial charge in [0, 0.05) is 12.5 Å². The lowest BCUT2D eigenvalue weighted by Gasteiger charge is -2.28. The highest BCUT2D eigenvalue weighted by Crippen LogP contribution is 2.26. The zero-order valence-electron chi connectivity index (χ0n) is 13.7. The minimum absolute atomic E-state index is 0.0230. The number of amides is 1. The molecule has 4 N–H and O–H groups in total. The smallest absolute Gasteiger partial charge is 0.326 e. The molecule has 1 saturated carbocycles. The van der Waals surface area contributed by atoms with Gasteiger partial charge in [-0.15, -0.1) is 0 Å². The summed E-state index contributed by atoms with van der Waals surface area (Å²) >= 11 is 0. The average Bonchev–Trinajstić information content (AvgIpc) is 2.55. The van der Waals surface area contributed by atoms with E-state index in [9.17, 15) is 19.1 Å².